The van der Waals surface area contributed by atoms with Crippen LogP contribution in [-0.2, 0) is 0 Å². The van der Waals surface area contributed by atoms with Crippen molar-refractivity contribution in [3.63, 3.8) is 0 Å². The Bertz CT molecular complexity index is 383. The molecule has 0 aliphatic rings. The van der Waals surface area contributed by atoms with Crippen molar-refractivity contribution in [1.82, 2.24) is 0 Å². The molecule has 0 unspecified atom stereocenters. The fourth-order valence-corrected chi connectivity index (χ4v) is 3.35. The van der Waals surface area contributed by atoms with Gasteiger partial charge in [-0.15, -0.1) is 0 Å². The molecule has 1 aromatic carbocycles. The predicted molar refractivity (Wildman–Crippen MR) is 111 cm³/mol. The predicted octanol–water partition coefficient (Wildman–Crippen LogP) is 6.81. The van der Waals surface area contributed by atoms with Gasteiger partial charge in [0.1, 0.15) is 0 Å². The third kappa shape index (κ3) is 7.70. The first-order valence-corrected chi connectivity index (χ1v) is 10.6. The zero-order valence-corrected chi connectivity index (χ0v) is 18.1. The molecule has 0 atom stereocenters. The van der Waals surface area contributed by atoms with Gasteiger partial charge in [0, 0.05) is 0 Å². The highest BCUT2D eigenvalue weighted by Gasteiger charge is 2.13. The topological polar surface area (TPSA) is 18.5 Å². The number of rotatable bonds is 12. The molecule has 0 saturated heterocycles. The Hall–Kier alpha value is 0.280. The van der Waals surface area contributed by atoms with Crippen molar-refractivity contribution < 1.29 is 9.47 Å². The Kier molecular flexibility index (Phi) is 11.7. The molecule has 126 valence electrons. The lowest BCUT2D eigenvalue weighted by Crippen LogP contribution is -2.05. The average molecular weight is 530 g/mol. The highest BCUT2D eigenvalue weighted by molar-refractivity contribution is 14.1. The third-order valence-electron chi connectivity index (χ3n) is 3.50. The average Bonchev–Trinajstić information content (AvgIpc) is 2.52. The van der Waals surface area contributed by atoms with E-state index >= 15 is 0 Å². The smallest absolute Gasteiger partial charge is 0.175 e. The highest BCUT2D eigenvalue weighted by atomic mass is 127. The Labute approximate surface area is 163 Å². The molecule has 22 heavy (non-hydrogen) atoms. The van der Waals surface area contributed by atoms with Crippen molar-refractivity contribution in [3.8, 4) is 11.5 Å². The first-order chi connectivity index (χ1) is 10.7. The number of hydrogen-bond donors (Lipinski definition) is 0. The van der Waals surface area contributed by atoms with Crippen LogP contribution in [0.25, 0.3) is 0 Å². The molecule has 1 aromatic rings. The molecular formula is C18H28I2O2. The van der Waals surface area contributed by atoms with Gasteiger partial charge in [-0.25, -0.2) is 0 Å². The lowest BCUT2D eigenvalue weighted by atomic mass is 10.2. The van der Waals surface area contributed by atoms with Gasteiger partial charge < -0.3 is 9.47 Å². The number of ether oxygens (including phenoxy) is 2. The van der Waals surface area contributed by atoms with Gasteiger partial charge in [0.05, 0.1) is 20.4 Å². The van der Waals surface area contributed by atoms with Gasteiger partial charge in [-0.2, -0.15) is 0 Å². The summed E-state index contributed by atoms with van der Waals surface area (Å²) in [5.41, 5.74) is 0. The molecule has 0 heterocycles. The number of unbranched alkanes of at least 4 members (excludes halogenated alkanes) is 6. The Morgan fingerprint density at radius 1 is 0.682 bits per heavy atom. The summed E-state index contributed by atoms with van der Waals surface area (Å²) in [4.78, 5) is 0. The van der Waals surface area contributed by atoms with Crippen LogP contribution in [0.2, 0.25) is 0 Å². The Morgan fingerprint density at radius 3 is 1.45 bits per heavy atom. The molecule has 2 nitrogen and oxygen atoms in total. The van der Waals surface area contributed by atoms with E-state index in [1.54, 1.807) is 0 Å². The van der Waals surface area contributed by atoms with Crippen molar-refractivity contribution in [3.05, 3.63) is 19.3 Å². The van der Waals surface area contributed by atoms with Crippen LogP contribution in [-0.4, -0.2) is 13.2 Å². The lowest BCUT2D eigenvalue weighted by Gasteiger charge is -2.16. The molecule has 0 bridgehead atoms. The summed E-state index contributed by atoms with van der Waals surface area (Å²) < 4.78 is 14.3. The molecule has 0 aliphatic carbocycles. The quantitative estimate of drug-likeness (QED) is 0.218. The summed E-state index contributed by atoms with van der Waals surface area (Å²) in [6.07, 6.45) is 9.80. The molecule has 1 rings (SSSR count). The van der Waals surface area contributed by atoms with Crippen LogP contribution in [0.1, 0.15) is 65.2 Å². The minimum Gasteiger partial charge on any atom is -0.489 e. The van der Waals surface area contributed by atoms with Crippen molar-refractivity contribution in [2.75, 3.05) is 13.2 Å². The zero-order chi connectivity index (χ0) is 16.2. The summed E-state index contributed by atoms with van der Waals surface area (Å²) >= 11 is 4.67. The van der Waals surface area contributed by atoms with Crippen molar-refractivity contribution >= 4 is 45.2 Å². The van der Waals surface area contributed by atoms with E-state index in [1.165, 1.54) is 38.5 Å². The highest BCUT2D eigenvalue weighted by Crippen LogP contribution is 2.37. The minimum atomic E-state index is 0.780. The minimum absolute atomic E-state index is 0.780. The molecule has 0 aromatic heterocycles. The molecule has 0 amide bonds. The molecule has 0 spiro atoms. The van der Waals surface area contributed by atoms with Crippen molar-refractivity contribution in [1.29, 1.82) is 0 Å². The van der Waals surface area contributed by atoms with Gasteiger partial charge in [-0.05, 0) is 70.2 Å². The second kappa shape index (κ2) is 12.7. The van der Waals surface area contributed by atoms with Crippen molar-refractivity contribution in [2.24, 2.45) is 0 Å². The summed E-state index contributed by atoms with van der Waals surface area (Å²) in [6, 6.07) is 4.21. The van der Waals surface area contributed by atoms with Crippen LogP contribution >= 0.6 is 45.2 Å². The number of hydrogen-bond acceptors (Lipinski definition) is 2. The van der Waals surface area contributed by atoms with E-state index in [-0.39, 0.29) is 0 Å². The molecule has 0 radical (unpaired) electrons. The Balaban J connectivity index is 2.55. The Morgan fingerprint density at radius 2 is 1.09 bits per heavy atom. The van der Waals surface area contributed by atoms with E-state index in [0.29, 0.717) is 0 Å². The number of benzene rings is 1. The fraction of sp³-hybridized carbons (Fsp3) is 0.667. The van der Waals surface area contributed by atoms with Crippen LogP contribution in [0.15, 0.2) is 12.1 Å². The van der Waals surface area contributed by atoms with E-state index in [1.807, 2.05) is 0 Å². The maximum absolute atomic E-state index is 6.04. The van der Waals surface area contributed by atoms with Gasteiger partial charge >= 0.3 is 0 Å². The van der Waals surface area contributed by atoms with Crippen LogP contribution in [0, 0.1) is 7.14 Å². The van der Waals surface area contributed by atoms with Crippen LogP contribution in [0.5, 0.6) is 11.5 Å². The molecule has 0 fully saturated rings. The van der Waals surface area contributed by atoms with Gasteiger partial charge in [0.15, 0.2) is 11.5 Å². The monoisotopic (exact) mass is 530 g/mol. The lowest BCUT2D eigenvalue weighted by molar-refractivity contribution is 0.256. The van der Waals surface area contributed by atoms with Crippen LogP contribution in [0.4, 0.5) is 0 Å². The standard InChI is InChI=1S/C18H28I2O2/c1-3-5-7-9-13-21-17-15(19)11-12-16(20)18(17)22-14-10-8-6-4-2/h11-12H,3-10,13-14H2,1-2H3. The first-order valence-electron chi connectivity index (χ1n) is 8.44. The van der Waals surface area contributed by atoms with Gasteiger partial charge in [0.25, 0.3) is 0 Å². The molecule has 4 heteroatoms. The summed E-state index contributed by atoms with van der Waals surface area (Å²) in [5.74, 6) is 1.86. The summed E-state index contributed by atoms with van der Waals surface area (Å²) in [7, 11) is 0. The maximum atomic E-state index is 6.04. The second-order valence-corrected chi connectivity index (χ2v) is 7.83. The van der Waals surface area contributed by atoms with Crippen LogP contribution < -0.4 is 9.47 Å². The zero-order valence-electron chi connectivity index (χ0n) is 13.8. The normalized spacial score (nSPS) is 10.7. The van der Waals surface area contributed by atoms with Gasteiger partial charge in [-0.3, -0.25) is 0 Å². The molecular weight excluding hydrogens is 502 g/mol. The van der Waals surface area contributed by atoms with E-state index in [0.717, 1.165) is 44.7 Å². The molecule has 0 N–H and O–H groups in total. The summed E-state index contributed by atoms with van der Waals surface area (Å²) in [5, 5.41) is 0. The fourth-order valence-electron chi connectivity index (χ4n) is 2.19. The maximum Gasteiger partial charge on any atom is 0.175 e. The van der Waals surface area contributed by atoms with E-state index < -0.39 is 0 Å². The van der Waals surface area contributed by atoms with E-state index in [2.05, 4.69) is 71.2 Å². The first kappa shape index (κ1) is 20.3. The largest absolute Gasteiger partial charge is 0.489 e. The molecule has 0 aliphatic heterocycles. The molecule has 0 saturated carbocycles. The number of halogens is 2. The van der Waals surface area contributed by atoms with E-state index in [9.17, 15) is 0 Å². The third-order valence-corrected chi connectivity index (χ3v) is 5.20. The van der Waals surface area contributed by atoms with E-state index in [4.69, 9.17) is 9.47 Å². The van der Waals surface area contributed by atoms with Gasteiger partial charge in [0.2, 0.25) is 0 Å². The SMILES string of the molecule is CCCCCCOc1c(I)ccc(I)c1OCCCCCC. The summed E-state index contributed by atoms with van der Waals surface area (Å²) in [6.45, 7) is 6.02. The van der Waals surface area contributed by atoms with Crippen molar-refractivity contribution in [2.45, 2.75) is 65.2 Å². The second-order valence-electron chi connectivity index (χ2n) is 5.51. The van der Waals surface area contributed by atoms with Crippen LogP contribution in [0.3, 0.4) is 0 Å². The van der Waals surface area contributed by atoms with Gasteiger partial charge in [-0.1, -0.05) is 52.4 Å².